The molecule has 1 atom stereocenters. The molecule has 3 amide bonds. The highest BCUT2D eigenvalue weighted by molar-refractivity contribution is 6.30. The molecule has 28 heavy (non-hydrogen) atoms. The van der Waals surface area contributed by atoms with Gasteiger partial charge in [-0.05, 0) is 36.5 Å². The Balaban J connectivity index is 1.75. The van der Waals surface area contributed by atoms with Crippen LogP contribution in [0.2, 0.25) is 5.02 Å². The highest BCUT2D eigenvalue weighted by atomic mass is 35.5. The van der Waals surface area contributed by atoms with Gasteiger partial charge in [0.05, 0.1) is 19.6 Å². The van der Waals surface area contributed by atoms with Gasteiger partial charge < -0.3 is 0 Å². The van der Waals surface area contributed by atoms with E-state index in [4.69, 9.17) is 16.6 Å². The molecule has 7 nitrogen and oxygen atoms in total. The van der Waals surface area contributed by atoms with Crippen LogP contribution in [-0.2, 0) is 11.3 Å². The lowest BCUT2D eigenvalue weighted by atomic mass is 10.0. The van der Waals surface area contributed by atoms with E-state index >= 15 is 0 Å². The smallest absolute Gasteiger partial charge is 0.270 e. The number of carbonyl (C=O) groups is 2. The second kappa shape index (κ2) is 7.20. The molecule has 0 aromatic heterocycles. The number of aliphatic imine (C=N–C) groups is 1. The third-order valence-corrected chi connectivity index (χ3v) is 6.09. The molecule has 3 heterocycles. The molecule has 0 spiro atoms. The number of imide groups is 1. The minimum Gasteiger partial charge on any atom is -0.270 e. The Morgan fingerprint density at radius 3 is 2.39 bits per heavy atom. The Hall–Kier alpha value is -2.41. The van der Waals surface area contributed by atoms with Gasteiger partial charge in [-0.1, -0.05) is 35.6 Å². The van der Waals surface area contributed by atoms with Crippen LogP contribution in [0.1, 0.15) is 25.3 Å². The van der Waals surface area contributed by atoms with Crippen LogP contribution in [-0.4, -0.2) is 76.2 Å². The average molecular weight is 403 g/mol. The number of likely N-dealkylation sites (N-methyl/N-ethyl adjacent to an activating group) is 2. The Labute approximate surface area is 169 Å². The third kappa shape index (κ3) is 3.17. The zero-order chi connectivity index (χ0) is 20.0. The molecular weight excluding hydrogens is 378 g/mol. The number of amidine groups is 1. The number of nitrogens with zero attached hydrogens (tertiary/aromatic N) is 5. The van der Waals surface area contributed by atoms with Crippen molar-refractivity contribution in [3.63, 3.8) is 0 Å². The summed E-state index contributed by atoms with van der Waals surface area (Å²) in [5.41, 5.74) is 1.04. The van der Waals surface area contributed by atoms with E-state index in [0.29, 0.717) is 23.3 Å². The molecule has 4 rings (SSSR count). The van der Waals surface area contributed by atoms with Gasteiger partial charge in [-0.2, -0.15) is 0 Å². The predicted octanol–water partition coefficient (Wildman–Crippen LogP) is 2.24. The van der Waals surface area contributed by atoms with Crippen molar-refractivity contribution in [2.45, 2.75) is 32.4 Å². The summed E-state index contributed by atoms with van der Waals surface area (Å²) < 4.78 is 2.24. The molecule has 0 aliphatic carbocycles. The summed E-state index contributed by atoms with van der Waals surface area (Å²) >= 11 is 6.03. The van der Waals surface area contributed by atoms with Crippen LogP contribution in [0.3, 0.4) is 0 Å². The maximum Gasteiger partial charge on any atom is 0.392 e. The first-order chi connectivity index (χ1) is 13.4. The standard InChI is InChI=1S/C20H25ClN5O2/c1-13-8-10-25(11-9-13)19-22-17-16(18(27)24(3)20(28)23(17)2)26(19)12-14-4-6-15(21)7-5-14/h4-7,13,16H,8-12H2,1-3H3/q+1. The number of piperidine rings is 1. The van der Waals surface area contributed by atoms with Crippen LogP contribution >= 0.6 is 11.6 Å². The highest BCUT2D eigenvalue weighted by Gasteiger charge is 2.55. The van der Waals surface area contributed by atoms with Crippen LogP contribution in [0.15, 0.2) is 29.3 Å². The zero-order valence-corrected chi connectivity index (χ0v) is 17.2. The van der Waals surface area contributed by atoms with Crippen molar-refractivity contribution in [1.82, 2.24) is 14.7 Å². The van der Waals surface area contributed by atoms with Gasteiger partial charge in [-0.15, -0.1) is 0 Å². The van der Waals surface area contributed by atoms with E-state index in [2.05, 4.69) is 11.5 Å². The summed E-state index contributed by atoms with van der Waals surface area (Å²) in [5, 5.41) is 0.676. The number of halogens is 1. The van der Waals surface area contributed by atoms with E-state index in [1.54, 1.807) is 7.05 Å². The minimum atomic E-state index is -0.585. The number of rotatable bonds is 2. The largest absolute Gasteiger partial charge is 0.392 e. The normalized spacial score (nSPS) is 25.4. The SMILES string of the molecule is CC1CC[N+](=C2N=C3C(C(=O)N(C)C(=O)N3C)N2Cc2ccc(Cl)cc2)CC1. The summed E-state index contributed by atoms with van der Waals surface area (Å²) in [5.74, 6) is 1.74. The molecular formula is C20H25ClN5O2+. The number of benzene rings is 1. The molecule has 1 aromatic carbocycles. The van der Waals surface area contributed by atoms with E-state index in [1.165, 1.54) is 16.8 Å². The number of amides is 3. The van der Waals surface area contributed by atoms with E-state index in [0.717, 1.165) is 37.5 Å². The van der Waals surface area contributed by atoms with Crippen molar-refractivity contribution in [3.8, 4) is 0 Å². The van der Waals surface area contributed by atoms with Crippen LogP contribution in [0.4, 0.5) is 4.79 Å². The monoisotopic (exact) mass is 402 g/mol. The number of hydrogen-bond donors (Lipinski definition) is 0. The highest BCUT2D eigenvalue weighted by Crippen LogP contribution is 2.26. The van der Waals surface area contributed by atoms with E-state index in [-0.39, 0.29) is 11.9 Å². The molecule has 0 N–H and O–H groups in total. The van der Waals surface area contributed by atoms with Crippen molar-refractivity contribution in [2.75, 3.05) is 27.2 Å². The number of guanidine groups is 1. The van der Waals surface area contributed by atoms with E-state index in [1.807, 2.05) is 29.2 Å². The lowest BCUT2D eigenvalue weighted by molar-refractivity contribution is -0.545. The van der Waals surface area contributed by atoms with Crippen LogP contribution < -0.4 is 0 Å². The Bertz CT molecular complexity index is 869. The van der Waals surface area contributed by atoms with Crippen LogP contribution in [0.5, 0.6) is 0 Å². The van der Waals surface area contributed by atoms with Gasteiger partial charge in [0.2, 0.25) is 11.9 Å². The van der Waals surface area contributed by atoms with Gasteiger partial charge in [0, 0.05) is 19.1 Å². The first-order valence-corrected chi connectivity index (χ1v) is 10.0. The molecule has 0 radical (unpaired) electrons. The zero-order valence-electron chi connectivity index (χ0n) is 16.4. The lowest BCUT2D eigenvalue weighted by Crippen LogP contribution is -2.62. The van der Waals surface area contributed by atoms with Crippen molar-refractivity contribution in [1.29, 1.82) is 0 Å². The van der Waals surface area contributed by atoms with E-state index < -0.39 is 6.04 Å². The first-order valence-electron chi connectivity index (χ1n) is 9.63. The molecule has 3 aliphatic heterocycles. The maximum atomic E-state index is 13.0. The number of hydrogen-bond acceptors (Lipinski definition) is 2. The quantitative estimate of drug-likeness (QED) is 0.713. The summed E-state index contributed by atoms with van der Waals surface area (Å²) in [6.45, 7) is 4.59. The minimum absolute atomic E-state index is 0.240. The van der Waals surface area contributed by atoms with Gasteiger partial charge >= 0.3 is 12.0 Å². The second-order valence-electron chi connectivity index (χ2n) is 7.84. The second-order valence-corrected chi connectivity index (χ2v) is 8.27. The molecule has 148 valence electrons. The topological polar surface area (TPSA) is 59.2 Å². The third-order valence-electron chi connectivity index (χ3n) is 5.84. The van der Waals surface area contributed by atoms with Crippen LogP contribution in [0.25, 0.3) is 0 Å². The van der Waals surface area contributed by atoms with Gasteiger partial charge in [-0.25, -0.2) is 9.69 Å². The molecule has 0 bridgehead atoms. The summed E-state index contributed by atoms with van der Waals surface area (Å²) in [6.07, 6.45) is 2.19. The first kappa shape index (κ1) is 18.9. The average Bonchev–Trinajstić information content (AvgIpc) is 3.06. The Morgan fingerprint density at radius 2 is 1.75 bits per heavy atom. The van der Waals surface area contributed by atoms with Gasteiger partial charge in [0.15, 0.2) is 0 Å². The Morgan fingerprint density at radius 1 is 1.11 bits per heavy atom. The molecule has 0 saturated carbocycles. The fourth-order valence-corrected chi connectivity index (χ4v) is 4.12. The van der Waals surface area contributed by atoms with Crippen molar-refractivity contribution in [3.05, 3.63) is 34.9 Å². The fourth-order valence-electron chi connectivity index (χ4n) is 3.99. The number of urea groups is 1. The maximum absolute atomic E-state index is 13.0. The molecule has 2 saturated heterocycles. The van der Waals surface area contributed by atoms with Crippen molar-refractivity contribution >= 4 is 35.3 Å². The Kier molecular flexibility index (Phi) is 4.87. The fraction of sp³-hybridized carbons (Fsp3) is 0.500. The summed E-state index contributed by atoms with van der Waals surface area (Å²) in [7, 11) is 3.21. The van der Waals surface area contributed by atoms with E-state index in [9.17, 15) is 9.59 Å². The summed E-state index contributed by atoms with van der Waals surface area (Å²) in [4.78, 5) is 34.9. The molecule has 3 aliphatic rings. The van der Waals surface area contributed by atoms with Gasteiger partial charge in [0.25, 0.3) is 5.91 Å². The lowest BCUT2D eigenvalue weighted by Gasteiger charge is -2.33. The number of fused-ring (bicyclic) bond motifs is 1. The van der Waals surface area contributed by atoms with Gasteiger partial charge in [0.1, 0.15) is 0 Å². The van der Waals surface area contributed by atoms with Crippen molar-refractivity contribution < 1.29 is 14.2 Å². The van der Waals surface area contributed by atoms with Crippen molar-refractivity contribution in [2.24, 2.45) is 10.9 Å². The van der Waals surface area contributed by atoms with Gasteiger partial charge in [-0.3, -0.25) is 19.2 Å². The molecule has 1 aromatic rings. The molecule has 8 heteroatoms. The predicted molar refractivity (Wildman–Crippen MR) is 108 cm³/mol. The molecule has 1 unspecified atom stereocenters. The number of carbonyl (C=O) groups excluding carboxylic acids is 2. The molecule has 2 fully saturated rings. The van der Waals surface area contributed by atoms with Crippen LogP contribution in [0, 0.1) is 5.92 Å². The summed E-state index contributed by atoms with van der Waals surface area (Å²) in [6, 6.07) is 6.69.